The van der Waals surface area contributed by atoms with Gasteiger partial charge in [-0.25, -0.2) is 0 Å². The fourth-order valence-electron chi connectivity index (χ4n) is 2.53. The van der Waals surface area contributed by atoms with Crippen molar-refractivity contribution in [3.8, 4) is 5.75 Å². The van der Waals surface area contributed by atoms with E-state index in [1.165, 1.54) is 24.0 Å². The van der Waals surface area contributed by atoms with Gasteiger partial charge in [-0.15, -0.1) is 0 Å². The number of rotatable bonds is 5. The summed E-state index contributed by atoms with van der Waals surface area (Å²) in [5, 5.41) is 13.1. The molecule has 1 aromatic rings. The van der Waals surface area contributed by atoms with E-state index in [-0.39, 0.29) is 12.6 Å². The smallest absolute Gasteiger partial charge is 0.127 e. The molecule has 0 saturated heterocycles. The second-order valence-corrected chi connectivity index (χ2v) is 5.26. The maximum Gasteiger partial charge on any atom is 0.127 e. The van der Waals surface area contributed by atoms with E-state index >= 15 is 0 Å². The van der Waals surface area contributed by atoms with E-state index in [4.69, 9.17) is 4.74 Å². The molecule has 1 unspecified atom stereocenters. The number of methoxy groups -OCH3 is 1. The number of hydrogen-bond acceptors (Lipinski definition) is 3. The highest BCUT2D eigenvalue weighted by Gasteiger charge is 2.28. The van der Waals surface area contributed by atoms with Gasteiger partial charge in [-0.1, -0.05) is 6.07 Å². The predicted octanol–water partition coefficient (Wildman–Crippen LogP) is 2.41. The summed E-state index contributed by atoms with van der Waals surface area (Å²) in [6.45, 7) is 6.36. The van der Waals surface area contributed by atoms with Gasteiger partial charge >= 0.3 is 0 Å². The lowest BCUT2D eigenvalue weighted by molar-refractivity contribution is 0.239. The number of hydrogen-bond donors (Lipinski definition) is 2. The molecule has 0 aromatic heterocycles. The highest BCUT2D eigenvalue weighted by Crippen LogP contribution is 2.35. The Morgan fingerprint density at radius 2 is 2.00 bits per heavy atom. The van der Waals surface area contributed by atoms with Crippen molar-refractivity contribution in [2.24, 2.45) is 0 Å². The molecule has 1 aliphatic rings. The molecule has 3 nitrogen and oxygen atoms in total. The minimum Gasteiger partial charge on any atom is -0.496 e. The van der Waals surface area contributed by atoms with Crippen molar-refractivity contribution in [1.82, 2.24) is 5.32 Å². The van der Waals surface area contributed by atoms with Gasteiger partial charge < -0.3 is 15.2 Å². The fraction of sp³-hybridized carbons (Fsp3) is 0.600. The molecule has 1 saturated carbocycles. The zero-order valence-corrected chi connectivity index (χ0v) is 11.7. The second-order valence-electron chi connectivity index (χ2n) is 5.26. The normalized spacial score (nSPS) is 16.7. The molecule has 0 radical (unpaired) electrons. The summed E-state index contributed by atoms with van der Waals surface area (Å²) >= 11 is 0. The van der Waals surface area contributed by atoms with Gasteiger partial charge in [-0.3, -0.25) is 0 Å². The average Bonchev–Trinajstić information content (AvgIpc) is 3.15. The summed E-state index contributed by atoms with van der Waals surface area (Å²) in [5.41, 5.74) is 4.68. The Morgan fingerprint density at radius 3 is 2.50 bits per heavy atom. The van der Waals surface area contributed by atoms with Crippen LogP contribution in [0.2, 0.25) is 0 Å². The Balaban J connectivity index is 2.42. The van der Waals surface area contributed by atoms with Crippen LogP contribution in [0.4, 0.5) is 0 Å². The second kappa shape index (κ2) is 5.29. The van der Waals surface area contributed by atoms with Crippen LogP contribution in [0.5, 0.6) is 5.75 Å². The zero-order chi connectivity index (χ0) is 13.3. The van der Waals surface area contributed by atoms with Gasteiger partial charge in [0.2, 0.25) is 0 Å². The number of aliphatic hydroxyl groups excluding tert-OH is 1. The molecular weight excluding hydrogens is 226 g/mol. The fourth-order valence-corrected chi connectivity index (χ4v) is 2.53. The lowest BCUT2D eigenvalue weighted by Crippen LogP contribution is -2.27. The lowest BCUT2D eigenvalue weighted by atomic mass is 9.94. The first kappa shape index (κ1) is 13.4. The van der Waals surface area contributed by atoms with Crippen molar-refractivity contribution >= 4 is 0 Å². The van der Waals surface area contributed by atoms with Crippen LogP contribution in [-0.2, 0) is 0 Å². The van der Waals surface area contributed by atoms with Crippen LogP contribution < -0.4 is 10.1 Å². The number of aryl methyl sites for hydroxylation is 2. The largest absolute Gasteiger partial charge is 0.496 e. The molecule has 100 valence electrons. The Morgan fingerprint density at radius 1 is 1.33 bits per heavy atom. The van der Waals surface area contributed by atoms with Gasteiger partial charge in [0.05, 0.1) is 19.8 Å². The van der Waals surface area contributed by atoms with E-state index < -0.39 is 0 Å². The summed E-state index contributed by atoms with van der Waals surface area (Å²) < 4.78 is 5.57. The molecule has 1 fully saturated rings. The summed E-state index contributed by atoms with van der Waals surface area (Å²) in [7, 11) is 1.70. The van der Waals surface area contributed by atoms with Crippen molar-refractivity contribution in [1.29, 1.82) is 0 Å². The highest BCUT2D eigenvalue weighted by atomic mass is 16.5. The molecule has 1 aliphatic carbocycles. The van der Waals surface area contributed by atoms with Crippen LogP contribution in [0, 0.1) is 20.8 Å². The summed E-state index contributed by atoms with van der Waals surface area (Å²) in [6, 6.07) is 2.71. The van der Waals surface area contributed by atoms with Crippen LogP contribution in [0.1, 0.15) is 41.1 Å². The molecule has 0 heterocycles. The van der Waals surface area contributed by atoms with Crippen LogP contribution in [-0.4, -0.2) is 24.9 Å². The van der Waals surface area contributed by atoms with Crippen molar-refractivity contribution in [3.05, 3.63) is 28.3 Å². The van der Waals surface area contributed by atoms with Gasteiger partial charge in [-0.2, -0.15) is 0 Å². The molecule has 3 heteroatoms. The number of ether oxygens (including phenoxy) is 1. The van der Waals surface area contributed by atoms with Gasteiger partial charge in [0, 0.05) is 11.6 Å². The topological polar surface area (TPSA) is 41.5 Å². The van der Waals surface area contributed by atoms with Gasteiger partial charge in [0.25, 0.3) is 0 Å². The zero-order valence-electron chi connectivity index (χ0n) is 11.7. The average molecular weight is 249 g/mol. The first-order valence-electron chi connectivity index (χ1n) is 6.60. The van der Waals surface area contributed by atoms with Crippen molar-refractivity contribution in [2.75, 3.05) is 13.7 Å². The van der Waals surface area contributed by atoms with Gasteiger partial charge in [0.15, 0.2) is 0 Å². The summed E-state index contributed by atoms with van der Waals surface area (Å²) in [5.74, 6) is 0.916. The molecule has 18 heavy (non-hydrogen) atoms. The van der Waals surface area contributed by atoms with E-state index in [0.717, 1.165) is 16.9 Å². The maximum atomic E-state index is 9.64. The third kappa shape index (κ3) is 2.52. The third-order valence-electron chi connectivity index (χ3n) is 3.78. The molecule has 0 spiro atoms. The molecule has 2 N–H and O–H groups in total. The molecular formula is C15H23NO2. The van der Waals surface area contributed by atoms with E-state index in [0.29, 0.717) is 6.04 Å². The summed E-state index contributed by atoms with van der Waals surface area (Å²) in [6.07, 6.45) is 2.42. The third-order valence-corrected chi connectivity index (χ3v) is 3.78. The first-order chi connectivity index (χ1) is 8.58. The molecule has 1 aromatic carbocycles. The maximum absolute atomic E-state index is 9.64. The van der Waals surface area contributed by atoms with Crippen LogP contribution in [0.3, 0.4) is 0 Å². The van der Waals surface area contributed by atoms with Crippen molar-refractivity contribution < 1.29 is 9.84 Å². The molecule has 2 rings (SSSR count). The number of aliphatic hydroxyl groups is 1. The van der Waals surface area contributed by atoms with Crippen LogP contribution >= 0.6 is 0 Å². The standard InChI is InChI=1S/C15H23NO2/c1-9-7-10(2)14(15(18-4)11(9)3)13(8-17)16-12-5-6-12/h7,12-13,16-17H,5-6,8H2,1-4H3. The Kier molecular flexibility index (Phi) is 3.93. The van der Waals surface area contributed by atoms with Gasteiger partial charge in [-0.05, 0) is 50.3 Å². The highest BCUT2D eigenvalue weighted by molar-refractivity contribution is 5.51. The van der Waals surface area contributed by atoms with E-state index in [2.05, 4.69) is 32.2 Å². The molecule has 1 atom stereocenters. The van der Waals surface area contributed by atoms with Crippen molar-refractivity contribution in [3.63, 3.8) is 0 Å². The molecule has 0 aliphatic heterocycles. The minimum absolute atomic E-state index is 0.0215. The monoisotopic (exact) mass is 249 g/mol. The van der Waals surface area contributed by atoms with Crippen LogP contribution in [0.15, 0.2) is 6.07 Å². The SMILES string of the molecule is COc1c(C)c(C)cc(C)c1C(CO)NC1CC1. The van der Waals surface area contributed by atoms with E-state index in [1.807, 2.05) is 0 Å². The Bertz CT molecular complexity index is 439. The quantitative estimate of drug-likeness (QED) is 0.842. The van der Waals surface area contributed by atoms with E-state index in [9.17, 15) is 5.11 Å². The summed E-state index contributed by atoms with van der Waals surface area (Å²) in [4.78, 5) is 0. The Labute approximate surface area is 109 Å². The molecule has 0 amide bonds. The van der Waals surface area contributed by atoms with E-state index in [1.54, 1.807) is 7.11 Å². The minimum atomic E-state index is -0.0215. The predicted molar refractivity (Wildman–Crippen MR) is 73.2 cm³/mol. The number of nitrogens with one attached hydrogen (secondary N) is 1. The van der Waals surface area contributed by atoms with Gasteiger partial charge in [0.1, 0.15) is 5.75 Å². The number of benzene rings is 1. The van der Waals surface area contributed by atoms with Crippen LogP contribution in [0.25, 0.3) is 0 Å². The molecule has 0 bridgehead atoms. The first-order valence-corrected chi connectivity index (χ1v) is 6.60. The Hall–Kier alpha value is -1.06. The van der Waals surface area contributed by atoms with Crippen molar-refractivity contribution in [2.45, 2.75) is 45.7 Å². The lowest BCUT2D eigenvalue weighted by Gasteiger charge is -2.23.